The number of hydrogen-bond donors (Lipinski definition) is 1. The van der Waals surface area contributed by atoms with Gasteiger partial charge in [-0.05, 0) is 35.9 Å². The van der Waals surface area contributed by atoms with E-state index in [4.69, 9.17) is 16.3 Å². The summed E-state index contributed by atoms with van der Waals surface area (Å²) < 4.78 is 5.40. The van der Waals surface area contributed by atoms with Crippen molar-refractivity contribution in [1.82, 2.24) is 4.98 Å². The number of hydrogen-bond acceptors (Lipinski definition) is 4. The summed E-state index contributed by atoms with van der Waals surface area (Å²) in [5.41, 5.74) is 2.33. The Balaban J connectivity index is 1.56. The average Bonchev–Trinajstić information content (AvgIpc) is 3.17. The van der Waals surface area contributed by atoms with E-state index in [-0.39, 0.29) is 5.91 Å². The molecule has 0 aliphatic heterocycles. The Bertz CT molecular complexity index is 1150. The fraction of sp³-hybridized carbons (Fsp3) is 0.0909. The molecule has 0 radical (unpaired) electrons. The van der Waals surface area contributed by atoms with E-state index >= 15 is 0 Å². The first kappa shape index (κ1) is 18.5. The Labute approximate surface area is 171 Å². The standard InChI is InChI=1S/C22H17ClN2O2S/c1-2-27-20-11-10-15(12-18(20)23)21(26)25-22-24-19(13-28-22)17-9-5-7-14-6-3-4-8-16(14)17/h3-13H,2H2,1H3,(H,24,25,26). The summed E-state index contributed by atoms with van der Waals surface area (Å²) in [5, 5.41) is 8.02. The van der Waals surface area contributed by atoms with Crippen LogP contribution in [0, 0.1) is 0 Å². The van der Waals surface area contributed by atoms with Gasteiger partial charge in [0.2, 0.25) is 0 Å². The second kappa shape index (κ2) is 8.00. The Morgan fingerprint density at radius 1 is 1.14 bits per heavy atom. The number of nitrogens with one attached hydrogen (secondary N) is 1. The van der Waals surface area contributed by atoms with Crippen molar-refractivity contribution >= 4 is 44.7 Å². The van der Waals surface area contributed by atoms with Crippen LogP contribution in [0.2, 0.25) is 5.02 Å². The lowest BCUT2D eigenvalue weighted by molar-refractivity contribution is 0.102. The maximum absolute atomic E-state index is 12.5. The van der Waals surface area contributed by atoms with Gasteiger partial charge in [-0.15, -0.1) is 11.3 Å². The first-order valence-electron chi connectivity index (χ1n) is 8.83. The molecular weight excluding hydrogens is 392 g/mol. The van der Waals surface area contributed by atoms with E-state index < -0.39 is 0 Å². The lowest BCUT2D eigenvalue weighted by atomic mass is 10.0. The first-order chi connectivity index (χ1) is 13.7. The summed E-state index contributed by atoms with van der Waals surface area (Å²) in [6, 6.07) is 19.3. The molecular formula is C22H17ClN2O2S. The zero-order chi connectivity index (χ0) is 19.5. The van der Waals surface area contributed by atoms with E-state index in [1.165, 1.54) is 11.3 Å². The van der Waals surface area contributed by atoms with Crippen molar-refractivity contribution < 1.29 is 9.53 Å². The number of benzene rings is 3. The van der Waals surface area contributed by atoms with Crippen LogP contribution in [0.3, 0.4) is 0 Å². The van der Waals surface area contributed by atoms with E-state index in [2.05, 4.69) is 28.5 Å². The van der Waals surface area contributed by atoms with Crippen LogP contribution in [-0.4, -0.2) is 17.5 Å². The summed E-state index contributed by atoms with van der Waals surface area (Å²) in [7, 11) is 0. The van der Waals surface area contributed by atoms with Crippen molar-refractivity contribution in [2.75, 3.05) is 11.9 Å². The van der Waals surface area contributed by atoms with Gasteiger partial charge in [0.25, 0.3) is 5.91 Å². The van der Waals surface area contributed by atoms with Crippen LogP contribution in [0.5, 0.6) is 5.75 Å². The van der Waals surface area contributed by atoms with Gasteiger partial charge in [0.05, 0.1) is 17.3 Å². The van der Waals surface area contributed by atoms with E-state index in [1.54, 1.807) is 18.2 Å². The lowest BCUT2D eigenvalue weighted by Crippen LogP contribution is -2.11. The largest absolute Gasteiger partial charge is 0.492 e. The third kappa shape index (κ3) is 3.72. The lowest BCUT2D eigenvalue weighted by Gasteiger charge is -2.07. The number of carbonyl (C=O) groups is 1. The quantitative estimate of drug-likeness (QED) is 0.423. The molecule has 6 heteroatoms. The van der Waals surface area contributed by atoms with E-state index in [9.17, 15) is 4.79 Å². The Morgan fingerprint density at radius 2 is 1.96 bits per heavy atom. The number of rotatable bonds is 5. The number of fused-ring (bicyclic) bond motifs is 1. The molecule has 0 atom stereocenters. The predicted molar refractivity (Wildman–Crippen MR) is 116 cm³/mol. The zero-order valence-corrected chi connectivity index (χ0v) is 16.7. The average molecular weight is 409 g/mol. The minimum absolute atomic E-state index is 0.260. The molecule has 0 saturated heterocycles. The van der Waals surface area contributed by atoms with Gasteiger partial charge in [0.1, 0.15) is 5.75 Å². The number of amides is 1. The molecule has 1 aromatic heterocycles. The van der Waals surface area contributed by atoms with Gasteiger partial charge in [-0.2, -0.15) is 0 Å². The summed E-state index contributed by atoms with van der Waals surface area (Å²) in [6.45, 7) is 2.40. The molecule has 0 saturated carbocycles. The normalized spacial score (nSPS) is 10.8. The molecule has 4 rings (SSSR count). The molecule has 0 bridgehead atoms. The first-order valence-corrected chi connectivity index (χ1v) is 10.1. The van der Waals surface area contributed by atoms with Gasteiger partial charge in [-0.1, -0.05) is 54.1 Å². The Kier molecular flexibility index (Phi) is 5.28. The number of halogens is 1. The van der Waals surface area contributed by atoms with E-state index in [1.807, 2.05) is 36.6 Å². The molecule has 3 aromatic carbocycles. The van der Waals surface area contributed by atoms with Crippen molar-refractivity contribution in [3.8, 4) is 17.0 Å². The smallest absolute Gasteiger partial charge is 0.257 e. The Morgan fingerprint density at radius 3 is 2.79 bits per heavy atom. The maximum Gasteiger partial charge on any atom is 0.257 e. The monoisotopic (exact) mass is 408 g/mol. The van der Waals surface area contributed by atoms with Crippen LogP contribution in [-0.2, 0) is 0 Å². The highest BCUT2D eigenvalue weighted by molar-refractivity contribution is 7.14. The second-order valence-corrected chi connectivity index (χ2v) is 7.36. The molecule has 0 spiro atoms. The molecule has 140 valence electrons. The van der Waals surface area contributed by atoms with Gasteiger partial charge >= 0.3 is 0 Å². The molecule has 1 amide bonds. The van der Waals surface area contributed by atoms with Crippen molar-refractivity contribution in [1.29, 1.82) is 0 Å². The van der Waals surface area contributed by atoms with Crippen LogP contribution in [0.25, 0.3) is 22.0 Å². The van der Waals surface area contributed by atoms with Gasteiger partial charge in [0.15, 0.2) is 5.13 Å². The third-order valence-corrected chi connectivity index (χ3v) is 5.34. The zero-order valence-electron chi connectivity index (χ0n) is 15.1. The van der Waals surface area contributed by atoms with Gasteiger partial charge < -0.3 is 4.74 Å². The molecule has 1 heterocycles. The highest BCUT2D eigenvalue weighted by atomic mass is 35.5. The number of nitrogens with zero attached hydrogens (tertiary/aromatic N) is 1. The third-order valence-electron chi connectivity index (χ3n) is 4.28. The van der Waals surface area contributed by atoms with Crippen LogP contribution in [0.15, 0.2) is 66.0 Å². The van der Waals surface area contributed by atoms with Gasteiger partial charge in [0, 0.05) is 16.5 Å². The minimum atomic E-state index is -0.260. The minimum Gasteiger partial charge on any atom is -0.492 e. The topological polar surface area (TPSA) is 51.2 Å². The molecule has 0 unspecified atom stereocenters. The van der Waals surface area contributed by atoms with Gasteiger partial charge in [-0.3, -0.25) is 10.1 Å². The highest BCUT2D eigenvalue weighted by Gasteiger charge is 2.13. The SMILES string of the molecule is CCOc1ccc(C(=O)Nc2nc(-c3cccc4ccccc34)cs2)cc1Cl. The maximum atomic E-state index is 12.5. The second-order valence-electron chi connectivity index (χ2n) is 6.10. The van der Waals surface area contributed by atoms with Crippen molar-refractivity contribution in [3.63, 3.8) is 0 Å². The molecule has 0 aliphatic rings. The fourth-order valence-corrected chi connectivity index (χ4v) is 3.93. The number of carbonyl (C=O) groups excluding carboxylic acids is 1. The fourth-order valence-electron chi connectivity index (χ4n) is 2.99. The van der Waals surface area contributed by atoms with E-state index in [0.717, 1.165) is 22.0 Å². The molecule has 1 N–H and O–H groups in total. The summed E-state index contributed by atoms with van der Waals surface area (Å²) in [5.74, 6) is 0.303. The number of anilines is 1. The molecule has 28 heavy (non-hydrogen) atoms. The van der Waals surface area contributed by atoms with Crippen molar-refractivity contribution in [2.24, 2.45) is 0 Å². The van der Waals surface area contributed by atoms with E-state index in [0.29, 0.717) is 28.1 Å². The number of aromatic nitrogens is 1. The van der Waals surface area contributed by atoms with Crippen molar-refractivity contribution in [2.45, 2.75) is 6.92 Å². The number of thiazole rings is 1. The van der Waals surface area contributed by atoms with Crippen LogP contribution < -0.4 is 10.1 Å². The highest BCUT2D eigenvalue weighted by Crippen LogP contribution is 2.31. The molecule has 0 aliphatic carbocycles. The summed E-state index contributed by atoms with van der Waals surface area (Å²) in [6.07, 6.45) is 0. The summed E-state index contributed by atoms with van der Waals surface area (Å²) >= 11 is 7.57. The molecule has 4 aromatic rings. The molecule has 0 fully saturated rings. The number of ether oxygens (including phenoxy) is 1. The van der Waals surface area contributed by atoms with Crippen LogP contribution in [0.4, 0.5) is 5.13 Å². The van der Waals surface area contributed by atoms with Crippen molar-refractivity contribution in [3.05, 3.63) is 76.6 Å². The molecule has 4 nitrogen and oxygen atoms in total. The Hall–Kier alpha value is -2.89. The van der Waals surface area contributed by atoms with Gasteiger partial charge in [-0.25, -0.2) is 4.98 Å². The predicted octanol–water partition coefficient (Wildman–Crippen LogP) is 6.27. The van der Waals surface area contributed by atoms with Crippen LogP contribution in [0.1, 0.15) is 17.3 Å². The van der Waals surface area contributed by atoms with Crippen LogP contribution >= 0.6 is 22.9 Å². The summed E-state index contributed by atoms with van der Waals surface area (Å²) in [4.78, 5) is 17.1.